The van der Waals surface area contributed by atoms with Gasteiger partial charge in [0.05, 0.1) is 5.39 Å². The third kappa shape index (κ3) is 4.43. The number of nitrogens with zero attached hydrogens (tertiary/aromatic N) is 2. The van der Waals surface area contributed by atoms with Gasteiger partial charge < -0.3 is 14.6 Å². The fourth-order valence-electron chi connectivity index (χ4n) is 2.14. The third-order valence-corrected chi connectivity index (χ3v) is 5.83. The van der Waals surface area contributed by atoms with Crippen LogP contribution in [-0.4, -0.2) is 30.8 Å². The van der Waals surface area contributed by atoms with Crippen LogP contribution in [0.3, 0.4) is 0 Å². The smallest absolute Gasteiger partial charge is 0.144 e. The largest absolute Gasteiger partial charge is 0.385 e. The van der Waals surface area contributed by atoms with E-state index in [4.69, 9.17) is 4.74 Å². The Labute approximate surface area is 141 Å². The molecule has 0 aliphatic rings. The highest BCUT2D eigenvalue weighted by Crippen LogP contribution is 2.28. The number of pyridine rings is 1. The number of ether oxygens (including phenoxy) is 1. The molecular formula is C15H24IN3OSi. The van der Waals surface area contributed by atoms with Gasteiger partial charge in [0.15, 0.2) is 0 Å². The number of hydrogen-bond donors (Lipinski definition) is 1. The molecule has 0 unspecified atom stereocenters. The number of rotatable bonds is 7. The van der Waals surface area contributed by atoms with Crippen molar-refractivity contribution in [1.82, 2.24) is 9.55 Å². The Bertz CT molecular complexity index is 607. The topological polar surface area (TPSA) is 39.1 Å². The minimum absolute atomic E-state index is 0.576. The van der Waals surface area contributed by atoms with E-state index in [1.54, 1.807) is 0 Å². The highest BCUT2D eigenvalue weighted by Gasteiger charge is 2.14. The SMILES string of the molecule is CCNc1ccnc2c1c(I)cn2COCC[Si](C)(C)C. The molecule has 0 fully saturated rings. The Morgan fingerprint density at radius 2 is 2.14 bits per heavy atom. The summed E-state index contributed by atoms with van der Waals surface area (Å²) in [6, 6.07) is 3.23. The van der Waals surface area contributed by atoms with Crippen molar-refractivity contribution in [3.05, 3.63) is 22.0 Å². The van der Waals surface area contributed by atoms with E-state index in [1.807, 2.05) is 12.3 Å². The summed E-state index contributed by atoms with van der Waals surface area (Å²) in [6.45, 7) is 11.5. The van der Waals surface area contributed by atoms with Crippen LogP contribution in [0.15, 0.2) is 18.5 Å². The average molecular weight is 417 g/mol. The lowest BCUT2D eigenvalue weighted by molar-refractivity contribution is 0.0898. The van der Waals surface area contributed by atoms with Gasteiger partial charge in [0.1, 0.15) is 12.4 Å². The van der Waals surface area contributed by atoms with Crippen LogP contribution in [0.5, 0.6) is 0 Å². The number of anilines is 1. The van der Waals surface area contributed by atoms with Crippen molar-refractivity contribution in [2.75, 3.05) is 18.5 Å². The van der Waals surface area contributed by atoms with Crippen molar-refractivity contribution in [2.24, 2.45) is 0 Å². The van der Waals surface area contributed by atoms with E-state index < -0.39 is 8.07 Å². The molecule has 6 heteroatoms. The summed E-state index contributed by atoms with van der Waals surface area (Å²) in [5.41, 5.74) is 2.14. The van der Waals surface area contributed by atoms with E-state index >= 15 is 0 Å². The summed E-state index contributed by atoms with van der Waals surface area (Å²) in [6.07, 6.45) is 3.97. The zero-order valence-corrected chi connectivity index (χ0v) is 16.4. The van der Waals surface area contributed by atoms with Gasteiger partial charge in [-0.05, 0) is 41.6 Å². The predicted octanol–water partition coefficient (Wildman–Crippen LogP) is 4.39. The van der Waals surface area contributed by atoms with Crippen LogP contribution in [0.4, 0.5) is 5.69 Å². The van der Waals surface area contributed by atoms with Gasteiger partial charge in [0, 0.05) is 42.9 Å². The van der Waals surface area contributed by atoms with Crippen LogP contribution in [0.2, 0.25) is 25.7 Å². The maximum absolute atomic E-state index is 5.85. The molecule has 21 heavy (non-hydrogen) atoms. The molecule has 0 saturated heterocycles. The molecule has 0 saturated carbocycles. The second-order valence-electron chi connectivity index (χ2n) is 6.38. The number of hydrogen-bond acceptors (Lipinski definition) is 3. The van der Waals surface area contributed by atoms with Crippen LogP contribution >= 0.6 is 22.6 Å². The Morgan fingerprint density at radius 1 is 1.38 bits per heavy atom. The second-order valence-corrected chi connectivity index (χ2v) is 13.2. The Kier molecular flexibility index (Phi) is 5.67. The van der Waals surface area contributed by atoms with Gasteiger partial charge in [0.25, 0.3) is 0 Å². The van der Waals surface area contributed by atoms with Gasteiger partial charge in [-0.3, -0.25) is 0 Å². The Hall–Kier alpha value is -0.603. The number of aromatic nitrogens is 2. The van der Waals surface area contributed by atoms with Crippen LogP contribution < -0.4 is 5.32 Å². The van der Waals surface area contributed by atoms with Crippen LogP contribution in [0, 0.1) is 3.57 Å². The zero-order chi connectivity index (χ0) is 15.5. The molecule has 0 amide bonds. The summed E-state index contributed by atoms with van der Waals surface area (Å²) in [5.74, 6) is 0. The Morgan fingerprint density at radius 3 is 2.81 bits per heavy atom. The first-order valence-corrected chi connectivity index (χ1v) is 12.2. The van der Waals surface area contributed by atoms with E-state index in [2.05, 4.69) is 70.2 Å². The van der Waals surface area contributed by atoms with Gasteiger partial charge in [-0.15, -0.1) is 0 Å². The molecule has 4 nitrogen and oxygen atoms in total. The summed E-state index contributed by atoms with van der Waals surface area (Å²) in [5, 5.41) is 4.59. The fourth-order valence-corrected chi connectivity index (χ4v) is 3.77. The molecule has 1 N–H and O–H groups in total. The van der Waals surface area contributed by atoms with Gasteiger partial charge in [-0.1, -0.05) is 19.6 Å². The van der Waals surface area contributed by atoms with Gasteiger partial charge in [-0.25, -0.2) is 4.98 Å². The normalized spacial score (nSPS) is 12.0. The van der Waals surface area contributed by atoms with Crippen molar-refractivity contribution in [1.29, 1.82) is 0 Å². The molecule has 0 aliphatic heterocycles. The zero-order valence-electron chi connectivity index (χ0n) is 13.2. The molecule has 0 aromatic carbocycles. The molecular weight excluding hydrogens is 393 g/mol. The molecule has 0 radical (unpaired) electrons. The van der Waals surface area contributed by atoms with E-state index in [0.717, 1.165) is 24.5 Å². The number of nitrogens with one attached hydrogen (secondary N) is 1. The number of halogens is 1. The van der Waals surface area contributed by atoms with Crippen molar-refractivity contribution < 1.29 is 4.74 Å². The minimum Gasteiger partial charge on any atom is -0.385 e. The van der Waals surface area contributed by atoms with Crippen LogP contribution in [0.1, 0.15) is 6.92 Å². The lowest BCUT2D eigenvalue weighted by atomic mass is 10.3. The quantitative estimate of drug-likeness (QED) is 0.413. The minimum atomic E-state index is -1.02. The highest BCUT2D eigenvalue weighted by molar-refractivity contribution is 14.1. The fraction of sp³-hybridized carbons (Fsp3) is 0.533. The number of fused-ring (bicyclic) bond motifs is 1. The first kappa shape index (κ1) is 16.8. The van der Waals surface area contributed by atoms with Crippen molar-refractivity contribution >= 4 is 47.4 Å². The first-order valence-electron chi connectivity index (χ1n) is 7.37. The molecule has 0 bridgehead atoms. The van der Waals surface area contributed by atoms with Gasteiger partial charge >= 0.3 is 0 Å². The lowest BCUT2D eigenvalue weighted by Gasteiger charge is -2.15. The molecule has 2 aromatic heterocycles. The predicted molar refractivity (Wildman–Crippen MR) is 101 cm³/mol. The Balaban J connectivity index is 2.12. The summed E-state index contributed by atoms with van der Waals surface area (Å²) in [7, 11) is -1.02. The molecule has 2 rings (SSSR count). The van der Waals surface area contributed by atoms with Crippen molar-refractivity contribution in [2.45, 2.75) is 39.3 Å². The molecule has 0 atom stereocenters. The van der Waals surface area contributed by atoms with Crippen molar-refractivity contribution in [3.8, 4) is 0 Å². The molecule has 2 heterocycles. The van der Waals surface area contributed by atoms with E-state index in [1.165, 1.54) is 15.0 Å². The van der Waals surface area contributed by atoms with Gasteiger partial charge in [-0.2, -0.15) is 0 Å². The lowest BCUT2D eigenvalue weighted by Crippen LogP contribution is -2.22. The molecule has 116 valence electrons. The van der Waals surface area contributed by atoms with E-state index in [9.17, 15) is 0 Å². The molecule has 2 aromatic rings. The maximum atomic E-state index is 5.85. The summed E-state index contributed by atoms with van der Waals surface area (Å²) >= 11 is 2.37. The molecule has 0 spiro atoms. The van der Waals surface area contributed by atoms with Crippen LogP contribution in [0.25, 0.3) is 11.0 Å². The third-order valence-electron chi connectivity index (χ3n) is 3.31. The average Bonchev–Trinajstić information content (AvgIpc) is 2.72. The monoisotopic (exact) mass is 417 g/mol. The van der Waals surface area contributed by atoms with Crippen LogP contribution in [-0.2, 0) is 11.5 Å². The first-order chi connectivity index (χ1) is 9.92. The van der Waals surface area contributed by atoms with Gasteiger partial charge in [0.2, 0.25) is 0 Å². The van der Waals surface area contributed by atoms with E-state index in [0.29, 0.717) is 6.73 Å². The summed E-state index contributed by atoms with van der Waals surface area (Å²) in [4.78, 5) is 4.52. The van der Waals surface area contributed by atoms with Crippen molar-refractivity contribution in [3.63, 3.8) is 0 Å². The molecule has 0 aliphatic carbocycles. The highest BCUT2D eigenvalue weighted by atomic mass is 127. The van der Waals surface area contributed by atoms with E-state index in [-0.39, 0.29) is 0 Å². The maximum Gasteiger partial charge on any atom is 0.144 e. The standard InChI is InChI=1S/C15H24IN3OSi/c1-5-17-13-6-7-18-15-14(13)12(16)10-19(15)11-20-8-9-21(2,3)4/h6-7,10H,5,8-9,11H2,1-4H3,(H,17,18). The second kappa shape index (κ2) is 7.10. The summed E-state index contributed by atoms with van der Waals surface area (Å²) < 4.78 is 9.16.